The zero-order valence-electron chi connectivity index (χ0n) is 12.5. The molecule has 0 radical (unpaired) electrons. The third-order valence-electron chi connectivity index (χ3n) is 3.91. The van der Waals surface area contributed by atoms with E-state index in [0.29, 0.717) is 0 Å². The number of ether oxygens (including phenoxy) is 2. The lowest BCUT2D eigenvalue weighted by atomic mass is 9.79. The molecular weight excluding hydrogens is 230 g/mol. The van der Waals surface area contributed by atoms with E-state index in [4.69, 9.17) is 15.2 Å². The highest BCUT2D eigenvalue weighted by Gasteiger charge is 2.44. The third-order valence-corrected chi connectivity index (χ3v) is 3.91. The van der Waals surface area contributed by atoms with E-state index in [1.165, 1.54) is 0 Å². The molecule has 1 rings (SSSR count). The van der Waals surface area contributed by atoms with Crippen LogP contribution in [-0.4, -0.2) is 49.0 Å². The minimum atomic E-state index is 0.0912. The van der Waals surface area contributed by atoms with Crippen LogP contribution in [0.25, 0.3) is 0 Å². The molecule has 1 aliphatic rings. The lowest BCUT2D eigenvalue weighted by Crippen LogP contribution is -2.60. The van der Waals surface area contributed by atoms with Gasteiger partial charge in [0.05, 0.1) is 0 Å². The number of nitrogens with two attached hydrogens (primary N) is 1. The van der Waals surface area contributed by atoms with Crippen LogP contribution in [0.15, 0.2) is 4.99 Å². The van der Waals surface area contributed by atoms with Gasteiger partial charge in [-0.15, -0.1) is 0 Å². The van der Waals surface area contributed by atoms with Gasteiger partial charge in [0, 0.05) is 31.0 Å². The average Bonchev–Trinajstić information content (AvgIpc) is 2.22. The van der Waals surface area contributed by atoms with Gasteiger partial charge in [0.15, 0.2) is 0 Å². The summed E-state index contributed by atoms with van der Waals surface area (Å²) in [5, 5.41) is 0. The van der Waals surface area contributed by atoms with E-state index in [2.05, 4.69) is 44.6 Å². The zero-order valence-corrected chi connectivity index (χ0v) is 12.5. The second kappa shape index (κ2) is 5.45. The first-order valence-electron chi connectivity index (χ1n) is 6.38. The number of nitrogens with zero attached hydrogens (tertiary/aromatic N) is 2. The van der Waals surface area contributed by atoms with Gasteiger partial charge in [0.1, 0.15) is 12.8 Å². The second-order valence-corrected chi connectivity index (χ2v) is 6.25. The predicted molar refractivity (Wildman–Crippen MR) is 73.5 cm³/mol. The van der Waals surface area contributed by atoms with Crippen molar-refractivity contribution >= 4 is 6.02 Å². The number of likely N-dealkylation sites (tertiary alicyclic amines) is 1. The molecule has 0 atom stereocenters. The van der Waals surface area contributed by atoms with Crippen molar-refractivity contribution in [3.63, 3.8) is 0 Å². The van der Waals surface area contributed by atoms with Gasteiger partial charge in [-0.25, -0.2) is 4.99 Å². The number of amidine groups is 1. The Bertz CT molecular complexity index is 295. The van der Waals surface area contributed by atoms with Crippen LogP contribution in [0.5, 0.6) is 0 Å². The quantitative estimate of drug-likeness (QED) is 0.616. The molecule has 18 heavy (non-hydrogen) atoms. The van der Waals surface area contributed by atoms with Gasteiger partial charge in [0.2, 0.25) is 0 Å². The monoisotopic (exact) mass is 257 g/mol. The molecule has 0 spiro atoms. The molecule has 0 unspecified atom stereocenters. The average molecular weight is 257 g/mol. The number of methoxy groups -OCH3 is 1. The molecule has 1 saturated heterocycles. The first-order valence-corrected chi connectivity index (χ1v) is 6.38. The predicted octanol–water partition coefficient (Wildman–Crippen LogP) is 1.57. The third kappa shape index (κ3) is 3.59. The zero-order chi connectivity index (χ0) is 14.0. The fourth-order valence-corrected chi connectivity index (χ4v) is 2.70. The first-order chi connectivity index (χ1) is 8.19. The van der Waals surface area contributed by atoms with Crippen molar-refractivity contribution < 1.29 is 9.47 Å². The van der Waals surface area contributed by atoms with Gasteiger partial charge >= 0.3 is 0 Å². The summed E-state index contributed by atoms with van der Waals surface area (Å²) in [7, 11) is 3.75. The highest BCUT2D eigenvalue weighted by molar-refractivity contribution is 5.71. The van der Waals surface area contributed by atoms with Crippen LogP contribution >= 0.6 is 0 Å². The maximum atomic E-state index is 5.74. The SMILES string of the molecule is COCN=C(N)OC1CC(C)(C)N(C)C(C)(C)C1. The van der Waals surface area contributed by atoms with E-state index in [0.717, 1.165) is 12.8 Å². The molecule has 0 aliphatic carbocycles. The van der Waals surface area contributed by atoms with Gasteiger partial charge in [-0.05, 0) is 34.7 Å². The number of rotatable bonds is 3. The highest BCUT2D eigenvalue weighted by atomic mass is 16.5. The second-order valence-electron chi connectivity index (χ2n) is 6.25. The smallest absolute Gasteiger partial charge is 0.284 e. The lowest BCUT2D eigenvalue weighted by molar-refractivity contribution is -0.0600. The first kappa shape index (κ1) is 15.2. The Labute approximate surface area is 110 Å². The Kier molecular flexibility index (Phi) is 4.61. The fraction of sp³-hybridized carbons (Fsp3) is 0.923. The van der Waals surface area contributed by atoms with Gasteiger partial charge in [-0.1, -0.05) is 0 Å². The summed E-state index contributed by atoms with van der Waals surface area (Å²) in [5.41, 5.74) is 5.92. The number of aliphatic imine (C=N–C) groups is 1. The number of hydrogen-bond donors (Lipinski definition) is 1. The Morgan fingerprint density at radius 1 is 1.28 bits per heavy atom. The van der Waals surface area contributed by atoms with Crippen LogP contribution in [0.3, 0.4) is 0 Å². The molecule has 0 aromatic rings. The molecule has 1 aliphatic heterocycles. The summed E-state index contributed by atoms with van der Waals surface area (Å²) in [5.74, 6) is 0. The molecule has 106 valence electrons. The fourth-order valence-electron chi connectivity index (χ4n) is 2.70. The van der Waals surface area contributed by atoms with E-state index in [-0.39, 0.29) is 29.9 Å². The van der Waals surface area contributed by atoms with E-state index in [1.807, 2.05) is 0 Å². The number of hydrogen-bond acceptors (Lipinski definition) is 4. The molecule has 0 saturated carbocycles. The van der Waals surface area contributed by atoms with Crippen LogP contribution in [0.4, 0.5) is 0 Å². The Morgan fingerprint density at radius 3 is 2.22 bits per heavy atom. The standard InChI is InChI=1S/C13H27N3O2/c1-12(2)7-10(8-13(3,4)16(12)5)18-11(14)15-9-17-6/h10H,7-9H2,1-6H3,(H2,14,15). The maximum absolute atomic E-state index is 5.74. The molecule has 1 heterocycles. The van der Waals surface area contributed by atoms with Crippen LogP contribution in [0.2, 0.25) is 0 Å². The molecule has 2 N–H and O–H groups in total. The van der Waals surface area contributed by atoms with Gasteiger partial charge in [-0.2, -0.15) is 0 Å². The van der Waals surface area contributed by atoms with E-state index < -0.39 is 0 Å². The van der Waals surface area contributed by atoms with Crippen molar-refractivity contribution in [2.75, 3.05) is 20.9 Å². The van der Waals surface area contributed by atoms with Crippen molar-refractivity contribution in [3.05, 3.63) is 0 Å². The van der Waals surface area contributed by atoms with Crippen LogP contribution in [0.1, 0.15) is 40.5 Å². The summed E-state index contributed by atoms with van der Waals surface area (Å²) in [6.07, 6.45) is 1.98. The van der Waals surface area contributed by atoms with Crippen molar-refractivity contribution in [1.29, 1.82) is 0 Å². The molecule has 0 aromatic heterocycles. The van der Waals surface area contributed by atoms with Gasteiger partial charge < -0.3 is 15.2 Å². The van der Waals surface area contributed by atoms with E-state index >= 15 is 0 Å². The van der Waals surface area contributed by atoms with Crippen LogP contribution < -0.4 is 5.73 Å². The van der Waals surface area contributed by atoms with Crippen molar-refractivity contribution in [2.45, 2.75) is 57.7 Å². The minimum Gasteiger partial charge on any atom is -0.462 e. The minimum absolute atomic E-state index is 0.0912. The Balaban J connectivity index is 2.69. The molecule has 0 amide bonds. The molecule has 5 nitrogen and oxygen atoms in total. The van der Waals surface area contributed by atoms with E-state index in [9.17, 15) is 0 Å². The summed E-state index contributed by atoms with van der Waals surface area (Å²) >= 11 is 0. The molecule has 0 bridgehead atoms. The van der Waals surface area contributed by atoms with Gasteiger partial charge in [-0.3, -0.25) is 4.90 Å². The van der Waals surface area contributed by atoms with Crippen LogP contribution in [0, 0.1) is 0 Å². The highest BCUT2D eigenvalue weighted by Crippen LogP contribution is 2.37. The van der Waals surface area contributed by atoms with Crippen molar-refractivity contribution in [3.8, 4) is 0 Å². The molecule has 0 aromatic carbocycles. The normalized spacial score (nSPS) is 25.1. The topological polar surface area (TPSA) is 60.1 Å². The number of piperidine rings is 1. The lowest BCUT2D eigenvalue weighted by Gasteiger charge is -2.53. The largest absolute Gasteiger partial charge is 0.462 e. The molecular formula is C13H27N3O2. The van der Waals surface area contributed by atoms with E-state index in [1.54, 1.807) is 7.11 Å². The summed E-state index contributed by atoms with van der Waals surface area (Å²) in [6.45, 7) is 9.16. The summed E-state index contributed by atoms with van der Waals surface area (Å²) in [4.78, 5) is 6.39. The van der Waals surface area contributed by atoms with Crippen LogP contribution in [-0.2, 0) is 9.47 Å². The molecule has 5 heteroatoms. The maximum Gasteiger partial charge on any atom is 0.284 e. The Hall–Kier alpha value is -0.810. The summed E-state index contributed by atoms with van der Waals surface area (Å²) in [6, 6.07) is 0.220. The van der Waals surface area contributed by atoms with Crippen molar-refractivity contribution in [1.82, 2.24) is 4.90 Å². The molecule has 1 fully saturated rings. The van der Waals surface area contributed by atoms with Crippen molar-refractivity contribution in [2.24, 2.45) is 10.7 Å². The summed E-state index contributed by atoms with van der Waals surface area (Å²) < 4.78 is 10.6. The van der Waals surface area contributed by atoms with Gasteiger partial charge in [0.25, 0.3) is 6.02 Å². The Morgan fingerprint density at radius 2 is 1.78 bits per heavy atom.